The van der Waals surface area contributed by atoms with Gasteiger partial charge in [-0.1, -0.05) is 56.6 Å². The first kappa shape index (κ1) is 20.2. The molecule has 23 heavy (non-hydrogen) atoms. The molecule has 0 heterocycles. The van der Waals surface area contributed by atoms with Crippen molar-refractivity contribution in [1.82, 2.24) is 5.32 Å². The van der Waals surface area contributed by atoms with Gasteiger partial charge < -0.3 is 5.32 Å². The summed E-state index contributed by atoms with van der Waals surface area (Å²) in [4.78, 5) is 1.24. The van der Waals surface area contributed by atoms with Gasteiger partial charge in [-0.2, -0.15) is 0 Å². The topological polar surface area (TPSA) is 12.0 Å². The first-order valence-corrected chi connectivity index (χ1v) is 9.65. The van der Waals surface area contributed by atoms with E-state index in [0.717, 1.165) is 25.1 Å². The first-order valence-electron chi connectivity index (χ1n) is 9.24. The number of hydrogen-bond acceptors (Lipinski definition) is 2. The minimum Gasteiger partial charge on any atom is -0.385 e. The van der Waals surface area contributed by atoms with Gasteiger partial charge in [0.2, 0.25) is 0 Å². The van der Waals surface area contributed by atoms with Gasteiger partial charge in [0.25, 0.3) is 0 Å². The van der Waals surface area contributed by atoms with Crippen molar-refractivity contribution in [2.24, 2.45) is 5.92 Å². The van der Waals surface area contributed by atoms with Crippen LogP contribution in [0.25, 0.3) is 0 Å². The second kappa shape index (κ2) is 10.1. The second-order valence-corrected chi connectivity index (χ2v) is 7.53. The summed E-state index contributed by atoms with van der Waals surface area (Å²) in [6.45, 7) is 16.5. The molecule has 0 amide bonds. The number of thiocarbonyl (C=S) groups is 1. The van der Waals surface area contributed by atoms with Crippen LogP contribution in [0.3, 0.4) is 0 Å². The fourth-order valence-electron chi connectivity index (χ4n) is 3.43. The van der Waals surface area contributed by atoms with Crippen LogP contribution in [0.2, 0.25) is 0 Å². The highest BCUT2D eigenvalue weighted by atomic mass is 32.1. The molecule has 1 unspecified atom stereocenters. The fourth-order valence-corrected chi connectivity index (χ4v) is 3.63. The highest BCUT2D eigenvalue weighted by Gasteiger charge is 2.25. The number of rotatable bonds is 9. The molecule has 1 rings (SSSR count). The Morgan fingerprint density at radius 1 is 1.26 bits per heavy atom. The molecule has 130 valence electrons. The lowest BCUT2D eigenvalue weighted by atomic mass is 9.78. The molecule has 0 aromatic carbocycles. The van der Waals surface area contributed by atoms with Crippen molar-refractivity contribution in [2.75, 3.05) is 6.54 Å². The number of nitrogens with one attached hydrogen (secondary N) is 1. The molecule has 0 spiro atoms. The molecule has 0 aliphatic heterocycles. The number of hydrogen-bond donors (Lipinski definition) is 1. The van der Waals surface area contributed by atoms with E-state index in [1.54, 1.807) is 0 Å². The van der Waals surface area contributed by atoms with E-state index < -0.39 is 0 Å². The Kier molecular flexibility index (Phi) is 8.83. The van der Waals surface area contributed by atoms with Crippen LogP contribution < -0.4 is 5.32 Å². The van der Waals surface area contributed by atoms with E-state index in [0.29, 0.717) is 5.92 Å². The summed E-state index contributed by atoms with van der Waals surface area (Å²) in [6.07, 6.45) is 8.24. The SMILES string of the molecule is C=C(NCCCCC)C(=C(C)C)C1=C(C)CCC(C(=S)CC)C1. The lowest BCUT2D eigenvalue weighted by Gasteiger charge is -2.29. The van der Waals surface area contributed by atoms with E-state index in [-0.39, 0.29) is 0 Å². The summed E-state index contributed by atoms with van der Waals surface area (Å²) in [5.74, 6) is 0.566. The van der Waals surface area contributed by atoms with E-state index in [1.165, 1.54) is 59.3 Å². The number of allylic oxidation sites excluding steroid dienone is 3. The maximum atomic E-state index is 5.61. The van der Waals surface area contributed by atoms with Gasteiger partial charge in [-0.3, -0.25) is 0 Å². The molecule has 0 radical (unpaired) electrons. The van der Waals surface area contributed by atoms with Crippen LogP contribution in [-0.2, 0) is 0 Å². The molecule has 1 nitrogen and oxygen atoms in total. The van der Waals surface area contributed by atoms with Gasteiger partial charge in [-0.15, -0.1) is 0 Å². The third kappa shape index (κ3) is 5.91. The van der Waals surface area contributed by atoms with Crippen LogP contribution in [0.15, 0.2) is 34.6 Å². The summed E-state index contributed by atoms with van der Waals surface area (Å²) < 4.78 is 0. The van der Waals surface area contributed by atoms with Gasteiger partial charge in [0, 0.05) is 12.2 Å². The Hall–Kier alpha value is -0.890. The molecule has 0 saturated heterocycles. The maximum absolute atomic E-state index is 5.61. The molecule has 1 atom stereocenters. The fraction of sp³-hybridized carbons (Fsp3) is 0.667. The second-order valence-electron chi connectivity index (χ2n) is 7.01. The van der Waals surface area contributed by atoms with Crippen molar-refractivity contribution in [1.29, 1.82) is 0 Å². The zero-order valence-corrected chi connectivity index (χ0v) is 16.7. The molecular weight excluding hydrogens is 298 g/mol. The summed E-state index contributed by atoms with van der Waals surface area (Å²) in [6, 6.07) is 0. The average molecular weight is 334 g/mol. The van der Waals surface area contributed by atoms with Crippen LogP contribution in [0.4, 0.5) is 0 Å². The standard InChI is InChI=1S/C21H35NS/c1-7-9-10-13-22-17(6)21(15(3)4)19-14-18(20(23)8-2)12-11-16(19)5/h18,22H,6-14H2,1-5H3. The van der Waals surface area contributed by atoms with Crippen molar-refractivity contribution in [3.05, 3.63) is 34.6 Å². The summed E-state index contributed by atoms with van der Waals surface area (Å²) >= 11 is 5.61. The zero-order chi connectivity index (χ0) is 17.4. The van der Waals surface area contributed by atoms with Crippen molar-refractivity contribution >= 4 is 17.1 Å². The van der Waals surface area contributed by atoms with Gasteiger partial charge in [-0.05, 0) is 74.8 Å². The largest absolute Gasteiger partial charge is 0.385 e. The lowest BCUT2D eigenvalue weighted by Crippen LogP contribution is -2.22. The highest BCUT2D eigenvalue weighted by Crippen LogP contribution is 2.37. The van der Waals surface area contributed by atoms with Crippen molar-refractivity contribution in [3.63, 3.8) is 0 Å². The molecule has 2 heteroatoms. The van der Waals surface area contributed by atoms with Gasteiger partial charge in [0.1, 0.15) is 0 Å². The molecule has 0 saturated carbocycles. The maximum Gasteiger partial charge on any atom is 0.0342 e. The zero-order valence-electron chi connectivity index (χ0n) is 15.8. The Morgan fingerprint density at radius 3 is 2.52 bits per heavy atom. The Balaban J connectivity index is 2.90. The van der Waals surface area contributed by atoms with Crippen LogP contribution in [0.5, 0.6) is 0 Å². The molecule has 0 aromatic heterocycles. The summed E-state index contributed by atoms with van der Waals surface area (Å²) in [5.41, 5.74) is 6.81. The monoisotopic (exact) mass is 333 g/mol. The van der Waals surface area contributed by atoms with Gasteiger partial charge >= 0.3 is 0 Å². The van der Waals surface area contributed by atoms with E-state index in [1.807, 2.05) is 0 Å². The Labute approximate surface area is 149 Å². The Bertz CT molecular complexity index is 492. The van der Waals surface area contributed by atoms with E-state index >= 15 is 0 Å². The van der Waals surface area contributed by atoms with Crippen LogP contribution in [0.1, 0.15) is 79.6 Å². The van der Waals surface area contributed by atoms with Crippen molar-refractivity contribution in [2.45, 2.75) is 79.6 Å². The molecule has 0 aromatic rings. The molecule has 1 aliphatic rings. The van der Waals surface area contributed by atoms with E-state index in [2.05, 4.69) is 46.5 Å². The van der Waals surface area contributed by atoms with Crippen molar-refractivity contribution in [3.8, 4) is 0 Å². The predicted octanol–water partition coefficient (Wildman–Crippen LogP) is 6.51. The predicted molar refractivity (Wildman–Crippen MR) is 108 cm³/mol. The molecule has 0 fully saturated rings. The molecular formula is C21H35NS. The molecule has 1 N–H and O–H groups in total. The van der Waals surface area contributed by atoms with Crippen molar-refractivity contribution < 1.29 is 0 Å². The first-order chi connectivity index (χ1) is 10.9. The highest BCUT2D eigenvalue weighted by molar-refractivity contribution is 7.80. The summed E-state index contributed by atoms with van der Waals surface area (Å²) in [5, 5.41) is 3.56. The lowest BCUT2D eigenvalue weighted by molar-refractivity contribution is 0.576. The third-order valence-corrected chi connectivity index (χ3v) is 5.48. The molecule has 1 aliphatic carbocycles. The van der Waals surface area contributed by atoms with Gasteiger partial charge in [-0.25, -0.2) is 0 Å². The number of unbranched alkanes of at least 4 members (excludes halogenated alkanes) is 2. The minimum absolute atomic E-state index is 0.566. The smallest absolute Gasteiger partial charge is 0.0342 e. The third-order valence-electron chi connectivity index (χ3n) is 4.86. The van der Waals surface area contributed by atoms with Gasteiger partial charge in [0.05, 0.1) is 0 Å². The minimum atomic E-state index is 0.566. The average Bonchev–Trinajstić information content (AvgIpc) is 2.52. The molecule has 0 bridgehead atoms. The van der Waals surface area contributed by atoms with Crippen LogP contribution in [0, 0.1) is 5.92 Å². The van der Waals surface area contributed by atoms with Crippen LogP contribution >= 0.6 is 12.2 Å². The Morgan fingerprint density at radius 2 is 1.96 bits per heavy atom. The summed E-state index contributed by atoms with van der Waals surface area (Å²) in [7, 11) is 0. The normalized spacial score (nSPS) is 17.9. The van der Waals surface area contributed by atoms with Gasteiger partial charge in [0.15, 0.2) is 0 Å². The van der Waals surface area contributed by atoms with Crippen LogP contribution in [-0.4, -0.2) is 11.4 Å². The van der Waals surface area contributed by atoms with E-state index in [9.17, 15) is 0 Å². The quantitative estimate of drug-likeness (QED) is 0.293. The van der Waals surface area contributed by atoms with E-state index in [4.69, 9.17) is 12.2 Å².